The summed E-state index contributed by atoms with van der Waals surface area (Å²) in [7, 11) is -2.85. The number of pyridine rings is 1. The lowest BCUT2D eigenvalue weighted by atomic mass is 9.92. The molecule has 1 saturated heterocycles. The number of anilines is 1. The highest BCUT2D eigenvalue weighted by molar-refractivity contribution is 7.52. The normalized spacial score (nSPS) is 24.4. The van der Waals surface area contributed by atoms with E-state index in [2.05, 4.69) is 25.1 Å². The molecule has 43 heavy (non-hydrogen) atoms. The summed E-state index contributed by atoms with van der Waals surface area (Å²) in [6.45, 7) is 5.17. The van der Waals surface area contributed by atoms with Crippen molar-refractivity contribution in [1.29, 1.82) is 0 Å². The van der Waals surface area contributed by atoms with E-state index in [4.69, 9.17) is 24.3 Å². The van der Waals surface area contributed by atoms with Crippen molar-refractivity contribution in [2.24, 2.45) is 10.9 Å². The zero-order chi connectivity index (χ0) is 31.2. The number of esters is 1. The van der Waals surface area contributed by atoms with E-state index in [-0.39, 0.29) is 24.2 Å². The van der Waals surface area contributed by atoms with Crippen LogP contribution in [-0.2, 0) is 29.0 Å². The largest absolute Gasteiger partial charge is 0.464 e. The molecule has 0 spiro atoms. The van der Waals surface area contributed by atoms with E-state index in [1.807, 2.05) is 13.8 Å². The summed E-state index contributed by atoms with van der Waals surface area (Å²) in [5.41, 5.74) is 5.06. The van der Waals surface area contributed by atoms with Crippen molar-refractivity contribution in [3.05, 3.63) is 48.5 Å². The van der Waals surface area contributed by atoms with Gasteiger partial charge < -0.3 is 29.9 Å². The zero-order valence-electron chi connectivity index (χ0n) is 24.4. The lowest BCUT2D eigenvalue weighted by Gasteiger charge is -2.28. The van der Waals surface area contributed by atoms with Crippen LogP contribution < -0.4 is 15.3 Å². The van der Waals surface area contributed by atoms with E-state index >= 15 is 0 Å². The predicted octanol–water partition coefficient (Wildman–Crippen LogP) is 1.88. The highest BCUT2D eigenvalue weighted by Crippen LogP contribution is 2.46. The Hall–Kier alpha value is -3.46. The number of nitrogen functional groups attached to an aromatic ring is 1. The lowest BCUT2D eigenvalue weighted by molar-refractivity contribution is -0.146. The number of carbonyl (C=O) groups is 1. The summed E-state index contributed by atoms with van der Waals surface area (Å²) in [5, 5.41) is 29.1. The second-order valence-corrected chi connectivity index (χ2v) is 11.8. The first-order chi connectivity index (χ1) is 20.6. The summed E-state index contributed by atoms with van der Waals surface area (Å²) in [6, 6.07) is 6.90. The minimum absolute atomic E-state index is 0.0340. The van der Waals surface area contributed by atoms with Crippen molar-refractivity contribution in [2.45, 2.75) is 63.6 Å². The van der Waals surface area contributed by atoms with Crippen molar-refractivity contribution in [1.82, 2.24) is 24.7 Å². The molecule has 0 amide bonds. The molecule has 6 atom stereocenters. The summed E-state index contributed by atoms with van der Waals surface area (Å²) in [5.74, 6) is -0.284. The van der Waals surface area contributed by atoms with Crippen LogP contribution in [-0.4, -0.2) is 86.6 Å². The van der Waals surface area contributed by atoms with Crippen molar-refractivity contribution in [3.8, 4) is 5.88 Å². The lowest BCUT2D eigenvalue weighted by Crippen LogP contribution is -2.43. The SMILES string of the molecule is CCC(CC)COC(=O)[C@H](C)NP(=O)(OC[C@H]1O[C@@](/C=N\C)(c2ccc3c(N)ncnn23)[C@H](O)[C@@H]1O)Oc1ccccn1. The maximum absolute atomic E-state index is 14.0. The van der Waals surface area contributed by atoms with Crippen molar-refractivity contribution < 1.29 is 38.1 Å². The van der Waals surface area contributed by atoms with Gasteiger partial charge in [0, 0.05) is 25.5 Å². The van der Waals surface area contributed by atoms with Gasteiger partial charge >= 0.3 is 13.7 Å². The zero-order valence-corrected chi connectivity index (χ0v) is 25.3. The number of aromatic nitrogens is 4. The molecule has 16 heteroatoms. The van der Waals surface area contributed by atoms with Gasteiger partial charge in [-0.3, -0.25) is 14.3 Å². The van der Waals surface area contributed by atoms with Gasteiger partial charge in [0.05, 0.1) is 18.9 Å². The van der Waals surface area contributed by atoms with Gasteiger partial charge in [-0.1, -0.05) is 32.8 Å². The summed E-state index contributed by atoms with van der Waals surface area (Å²) in [6.07, 6.45) is 1.41. The maximum Gasteiger partial charge on any atom is 0.460 e. The van der Waals surface area contributed by atoms with Gasteiger partial charge in [-0.2, -0.15) is 10.2 Å². The van der Waals surface area contributed by atoms with E-state index in [0.29, 0.717) is 11.2 Å². The first-order valence-corrected chi connectivity index (χ1v) is 15.5. The smallest absolute Gasteiger partial charge is 0.460 e. The number of nitrogens with two attached hydrogens (primary N) is 1. The molecule has 1 aliphatic heterocycles. The average Bonchev–Trinajstić information content (AvgIpc) is 3.54. The van der Waals surface area contributed by atoms with E-state index in [1.165, 1.54) is 43.3 Å². The Morgan fingerprint density at radius 1 is 1.28 bits per heavy atom. The molecule has 3 aromatic heterocycles. The molecule has 0 radical (unpaired) electrons. The number of hydrogen-bond acceptors (Lipinski definition) is 13. The van der Waals surface area contributed by atoms with Crippen LogP contribution in [0.3, 0.4) is 0 Å². The minimum atomic E-state index is -4.34. The number of hydrogen-bond donors (Lipinski definition) is 4. The van der Waals surface area contributed by atoms with Crippen LogP contribution in [0.25, 0.3) is 5.52 Å². The average molecular weight is 620 g/mol. The monoisotopic (exact) mass is 619 g/mol. The Morgan fingerprint density at radius 3 is 2.72 bits per heavy atom. The molecular formula is C27H38N7O8P. The van der Waals surface area contributed by atoms with Gasteiger partial charge in [-0.05, 0) is 31.0 Å². The molecule has 4 heterocycles. The Bertz CT molecular complexity index is 1450. The number of aliphatic imine (C=N–C) groups is 1. The molecule has 0 bridgehead atoms. The Balaban J connectivity index is 1.56. The number of aliphatic hydroxyl groups is 2. The van der Waals surface area contributed by atoms with Crippen molar-refractivity contribution in [3.63, 3.8) is 0 Å². The first kappa shape index (κ1) is 32.5. The number of rotatable bonds is 14. The van der Waals surface area contributed by atoms with Crippen LogP contribution in [0.2, 0.25) is 0 Å². The summed E-state index contributed by atoms with van der Waals surface area (Å²) < 4.78 is 38.3. The number of carbonyl (C=O) groups excluding carboxylic acids is 1. The van der Waals surface area contributed by atoms with Crippen LogP contribution in [0.5, 0.6) is 5.88 Å². The topological polar surface area (TPSA) is 205 Å². The molecule has 0 aliphatic carbocycles. The molecule has 0 saturated carbocycles. The van der Waals surface area contributed by atoms with Crippen LogP contribution in [0.4, 0.5) is 5.82 Å². The fourth-order valence-electron chi connectivity index (χ4n) is 4.73. The second-order valence-electron chi connectivity index (χ2n) is 10.1. The molecule has 4 rings (SSSR count). The van der Waals surface area contributed by atoms with Crippen LogP contribution >= 0.6 is 7.75 Å². The third-order valence-electron chi connectivity index (χ3n) is 7.27. The molecule has 1 fully saturated rings. The van der Waals surface area contributed by atoms with Gasteiger partial charge in [0.1, 0.15) is 36.2 Å². The standard InChI is InChI=1S/C27H38N7O8P/c1-5-18(6-2)13-39-26(37)17(3)33-43(38,42-22-9-7-8-12-30-22)40-14-20-23(35)24(36)27(41-20,15-29-4)21-11-10-19-25(28)31-16-32-34(19)21/h7-12,15-18,20,23-24,35-36H,5-6,13-14H2,1-4H3,(H,33,38)(H2,28,31,32)/b29-15-/t17-,20+,23+,24+,27-,43?/m0/s1. The fraction of sp³-hybridized carbons (Fsp3) is 0.519. The maximum atomic E-state index is 14.0. The van der Waals surface area contributed by atoms with Gasteiger partial charge in [-0.25, -0.2) is 19.0 Å². The molecule has 1 aliphatic rings. The van der Waals surface area contributed by atoms with E-state index in [9.17, 15) is 19.6 Å². The van der Waals surface area contributed by atoms with Gasteiger partial charge in [0.25, 0.3) is 0 Å². The summed E-state index contributed by atoms with van der Waals surface area (Å²) >= 11 is 0. The highest BCUT2D eigenvalue weighted by atomic mass is 31.2. The number of nitrogens with zero attached hydrogens (tertiary/aromatic N) is 5. The summed E-state index contributed by atoms with van der Waals surface area (Å²) in [4.78, 5) is 24.8. The van der Waals surface area contributed by atoms with Gasteiger partial charge in [0.2, 0.25) is 5.88 Å². The molecular weight excluding hydrogens is 581 g/mol. The number of aliphatic hydroxyl groups excluding tert-OH is 2. The molecule has 0 aromatic carbocycles. The Kier molecular flexibility index (Phi) is 10.5. The van der Waals surface area contributed by atoms with Crippen molar-refractivity contribution in [2.75, 3.05) is 26.0 Å². The fourth-order valence-corrected chi connectivity index (χ4v) is 6.19. The van der Waals surface area contributed by atoms with E-state index < -0.39 is 50.3 Å². The van der Waals surface area contributed by atoms with Crippen LogP contribution in [0, 0.1) is 5.92 Å². The van der Waals surface area contributed by atoms with Gasteiger partial charge in [0.15, 0.2) is 11.4 Å². The Morgan fingerprint density at radius 2 is 2.05 bits per heavy atom. The highest BCUT2D eigenvalue weighted by Gasteiger charge is 2.56. The van der Waals surface area contributed by atoms with E-state index in [1.54, 1.807) is 24.3 Å². The Labute approximate surface area is 249 Å². The number of fused-ring (bicyclic) bond motifs is 1. The minimum Gasteiger partial charge on any atom is -0.464 e. The second kappa shape index (κ2) is 13.9. The molecule has 234 valence electrons. The first-order valence-electron chi connectivity index (χ1n) is 13.9. The predicted molar refractivity (Wildman–Crippen MR) is 156 cm³/mol. The molecule has 1 unspecified atom stereocenters. The number of nitrogens with one attached hydrogen (secondary N) is 1. The molecule has 3 aromatic rings. The van der Waals surface area contributed by atoms with Crippen molar-refractivity contribution >= 4 is 31.3 Å². The van der Waals surface area contributed by atoms with Crippen LogP contribution in [0.15, 0.2) is 47.8 Å². The number of ether oxygens (including phenoxy) is 2. The third kappa shape index (κ3) is 7.03. The molecule has 15 nitrogen and oxygen atoms in total. The van der Waals surface area contributed by atoms with Crippen LogP contribution in [0.1, 0.15) is 39.3 Å². The molecule has 5 N–H and O–H groups in total. The third-order valence-corrected chi connectivity index (χ3v) is 8.89. The quantitative estimate of drug-likeness (QED) is 0.116. The van der Waals surface area contributed by atoms with E-state index in [0.717, 1.165) is 12.8 Å². The van der Waals surface area contributed by atoms with Gasteiger partial charge in [-0.15, -0.1) is 0 Å².